The number of rotatable bonds is 4. The fourth-order valence-corrected chi connectivity index (χ4v) is 3.90. The highest BCUT2D eigenvalue weighted by atomic mass is 35.5. The topological polar surface area (TPSA) is 80.0 Å². The number of pyridine rings is 1. The summed E-state index contributed by atoms with van der Waals surface area (Å²) < 4.78 is 1.95. The standard InChI is InChI=1S/C23H20ClN7O/c24-21-19(2-1-8-26-21)22(32)29-12-14-30(15-13-29)23-27-9-7-20(28-23)17-3-5-18(6-4-17)31-11-10-25-16-31/h1-11,16H,12-15H2. The van der Waals surface area contributed by atoms with Crippen LogP contribution >= 0.6 is 11.6 Å². The van der Waals surface area contributed by atoms with Gasteiger partial charge in [0.2, 0.25) is 5.95 Å². The highest BCUT2D eigenvalue weighted by Gasteiger charge is 2.25. The number of aromatic nitrogens is 5. The first-order chi connectivity index (χ1) is 15.7. The molecule has 1 aliphatic rings. The summed E-state index contributed by atoms with van der Waals surface area (Å²) in [7, 11) is 0. The Morgan fingerprint density at radius 2 is 1.72 bits per heavy atom. The number of piperazine rings is 1. The fraction of sp³-hybridized carbons (Fsp3) is 0.174. The predicted molar refractivity (Wildman–Crippen MR) is 122 cm³/mol. The van der Waals surface area contributed by atoms with E-state index in [0.717, 1.165) is 16.9 Å². The third-order valence-corrected chi connectivity index (χ3v) is 5.75. The van der Waals surface area contributed by atoms with Gasteiger partial charge in [-0.2, -0.15) is 0 Å². The number of anilines is 1. The summed E-state index contributed by atoms with van der Waals surface area (Å²) in [6.07, 6.45) is 8.78. The second-order valence-corrected chi connectivity index (χ2v) is 7.74. The molecule has 0 N–H and O–H groups in total. The smallest absolute Gasteiger partial charge is 0.257 e. The lowest BCUT2D eigenvalue weighted by molar-refractivity contribution is 0.0746. The van der Waals surface area contributed by atoms with Crippen molar-refractivity contribution in [3.05, 3.63) is 84.3 Å². The first-order valence-electron chi connectivity index (χ1n) is 10.3. The van der Waals surface area contributed by atoms with Gasteiger partial charge in [-0.25, -0.2) is 19.9 Å². The Labute approximate surface area is 190 Å². The Morgan fingerprint density at radius 1 is 0.906 bits per heavy atom. The van der Waals surface area contributed by atoms with Gasteiger partial charge in [0, 0.05) is 62.2 Å². The lowest BCUT2D eigenvalue weighted by Gasteiger charge is -2.34. The first-order valence-corrected chi connectivity index (χ1v) is 10.6. The van der Waals surface area contributed by atoms with Crippen molar-refractivity contribution in [2.75, 3.05) is 31.1 Å². The molecule has 3 aromatic heterocycles. The zero-order valence-corrected chi connectivity index (χ0v) is 17.9. The maximum absolute atomic E-state index is 12.8. The van der Waals surface area contributed by atoms with Gasteiger partial charge in [0.15, 0.2) is 0 Å². The van der Waals surface area contributed by atoms with Gasteiger partial charge in [0.05, 0.1) is 17.6 Å². The molecule has 0 unspecified atom stereocenters. The van der Waals surface area contributed by atoms with Crippen molar-refractivity contribution in [1.29, 1.82) is 0 Å². The molecular formula is C23H20ClN7O. The van der Waals surface area contributed by atoms with Crippen LogP contribution in [0.3, 0.4) is 0 Å². The first kappa shape index (κ1) is 20.1. The number of hydrogen-bond acceptors (Lipinski definition) is 6. The molecule has 32 heavy (non-hydrogen) atoms. The zero-order valence-electron chi connectivity index (χ0n) is 17.2. The monoisotopic (exact) mass is 445 g/mol. The predicted octanol–water partition coefficient (Wildman–Crippen LogP) is 3.34. The summed E-state index contributed by atoms with van der Waals surface area (Å²) in [5.74, 6) is 0.558. The van der Waals surface area contributed by atoms with Crippen molar-refractivity contribution >= 4 is 23.5 Å². The molecule has 1 aromatic carbocycles. The van der Waals surface area contributed by atoms with Gasteiger partial charge in [-0.1, -0.05) is 23.7 Å². The van der Waals surface area contributed by atoms with Crippen molar-refractivity contribution in [3.63, 3.8) is 0 Å². The minimum Gasteiger partial charge on any atom is -0.337 e. The van der Waals surface area contributed by atoms with E-state index in [1.54, 1.807) is 42.0 Å². The Hall–Kier alpha value is -3.78. The molecule has 160 valence electrons. The second-order valence-electron chi connectivity index (χ2n) is 7.38. The zero-order chi connectivity index (χ0) is 21.9. The number of amides is 1. The lowest BCUT2D eigenvalue weighted by atomic mass is 10.1. The molecule has 0 atom stereocenters. The van der Waals surface area contributed by atoms with Crippen LogP contribution in [0, 0.1) is 0 Å². The molecule has 9 heteroatoms. The molecular weight excluding hydrogens is 426 g/mol. The minimum absolute atomic E-state index is 0.101. The van der Waals surface area contributed by atoms with E-state index in [4.69, 9.17) is 16.6 Å². The summed E-state index contributed by atoms with van der Waals surface area (Å²) in [5, 5.41) is 0.232. The number of nitrogens with zero attached hydrogens (tertiary/aromatic N) is 7. The Balaban J connectivity index is 1.27. The lowest BCUT2D eigenvalue weighted by Crippen LogP contribution is -2.49. The number of imidazole rings is 1. The third-order valence-electron chi connectivity index (χ3n) is 5.45. The quantitative estimate of drug-likeness (QED) is 0.448. The van der Waals surface area contributed by atoms with Crippen LogP contribution in [0.2, 0.25) is 5.15 Å². The van der Waals surface area contributed by atoms with Gasteiger partial charge in [-0.15, -0.1) is 0 Å². The van der Waals surface area contributed by atoms with Gasteiger partial charge in [0.1, 0.15) is 5.15 Å². The average Bonchev–Trinajstić information content (AvgIpc) is 3.39. The van der Waals surface area contributed by atoms with E-state index in [9.17, 15) is 4.79 Å². The van der Waals surface area contributed by atoms with E-state index in [0.29, 0.717) is 37.7 Å². The number of benzene rings is 1. The van der Waals surface area contributed by atoms with Crippen LogP contribution in [0.25, 0.3) is 16.9 Å². The molecule has 5 rings (SSSR count). The highest BCUT2D eigenvalue weighted by molar-refractivity contribution is 6.32. The summed E-state index contributed by atoms with van der Waals surface area (Å²) >= 11 is 6.08. The Kier molecular flexibility index (Phi) is 5.51. The van der Waals surface area contributed by atoms with Gasteiger partial charge >= 0.3 is 0 Å². The van der Waals surface area contributed by atoms with E-state index >= 15 is 0 Å². The number of carbonyl (C=O) groups is 1. The number of halogens is 1. The molecule has 4 aromatic rings. The van der Waals surface area contributed by atoms with Crippen molar-refractivity contribution in [3.8, 4) is 16.9 Å². The molecule has 4 heterocycles. The van der Waals surface area contributed by atoms with Crippen LogP contribution in [0.1, 0.15) is 10.4 Å². The average molecular weight is 446 g/mol. The molecule has 0 aliphatic carbocycles. The van der Waals surface area contributed by atoms with Crippen molar-refractivity contribution in [2.24, 2.45) is 0 Å². The molecule has 1 amide bonds. The van der Waals surface area contributed by atoms with Gasteiger partial charge in [-0.3, -0.25) is 4.79 Å². The van der Waals surface area contributed by atoms with Crippen LogP contribution in [-0.2, 0) is 0 Å². The van der Waals surface area contributed by atoms with E-state index in [2.05, 4.69) is 19.9 Å². The van der Waals surface area contributed by atoms with E-state index in [-0.39, 0.29) is 11.1 Å². The van der Waals surface area contributed by atoms with Crippen molar-refractivity contribution < 1.29 is 4.79 Å². The van der Waals surface area contributed by atoms with Crippen LogP contribution < -0.4 is 4.90 Å². The summed E-state index contributed by atoms with van der Waals surface area (Å²) in [5.41, 5.74) is 3.33. The van der Waals surface area contributed by atoms with Crippen molar-refractivity contribution in [1.82, 2.24) is 29.4 Å². The molecule has 1 fully saturated rings. The van der Waals surface area contributed by atoms with Gasteiger partial charge < -0.3 is 14.4 Å². The van der Waals surface area contributed by atoms with Crippen molar-refractivity contribution in [2.45, 2.75) is 0 Å². The number of hydrogen-bond donors (Lipinski definition) is 0. The van der Waals surface area contributed by atoms with Gasteiger partial charge in [0.25, 0.3) is 5.91 Å². The maximum atomic E-state index is 12.8. The molecule has 1 saturated heterocycles. The van der Waals surface area contributed by atoms with E-state index < -0.39 is 0 Å². The molecule has 0 spiro atoms. The molecule has 0 bridgehead atoms. The molecule has 1 aliphatic heterocycles. The SMILES string of the molecule is O=C(c1cccnc1Cl)N1CCN(c2nccc(-c3ccc(-n4ccnc4)cc3)n2)CC1. The van der Waals surface area contributed by atoms with Crippen LogP contribution in [-0.4, -0.2) is 61.5 Å². The number of carbonyl (C=O) groups excluding carboxylic acids is 1. The summed E-state index contributed by atoms with van der Waals surface area (Å²) in [6.45, 7) is 2.42. The minimum atomic E-state index is -0.101. The highest BCUT2D eigenvalue weighted by Crippen LogP contribution is 2.22. The normalized spacial score (nSPS) is 13.9. The second kappa shape index (κ2) is 8.76. The summed E-state index contributed by atoms with van der Waals surface area (Å²) in [6, 6.07) is 13.5. The Morgan fingerprint density at radius 3 is 2.44 bits per heavy atom. The van der Waals surface area contributed by atoms with Gasteiger partial charge in [-0.05, 0) is 30.3 Å². The van der Waals surface area contributed by atoms with Crippen LogP contribution in [0.5, 0.6) is 0 Å². The maximum Gasteiger partial charge on any atom is 0.257 e. The van der Waals surface area contributed by atoms with Crippen LogP contribution in [0.4, 0.5) is 5.95 Å². The Bertz CT molecular complexity index is 1220. The third kappa shape index (κ3) is 4.04. The van der Waals surface area contributed by atoms with E-state index in [1.165, 1.54) is 0 Å². The molecule has 0 radical (unpaired) electrons. The summed E-state index contributed by atoms with van der Waals surface area (Å²) in [4.78, 5) is 33.9. The van der Waals surface area contributed by atoms with E-state index in [1.807, 2.05) is 41.1 Å². The fourth-order valence-electron chi connectivity index (χ4n) is 3.70. The molecule has 8 nitrogen and oxygen atoms in total. The molecule has 0 saturated carbocycles. The largest absolute Gasteiger partial charge is 0.337 e. The van der Waals surface area contributed by atoms with Crippen LogP contribution in [0.15, 0.2) is 73.6 Å².